The van der Waals surface area contributed by atoms with E-state index in [2.05, 4.69) is 15.9 Å². The van der Waals surface area contributed by atoms with Crippen LogP contribution in [-0.4, -0.2) is 6.04 Å². The first-order valence-corrected chi connectivity index (χ1v) is 5.21. The quantitative estimate of drug-likeness (QED) is 0.854. The van der Waals surface area contributed by atoms with E-state index in [9.17, 15) is 0 Å². The maximum Gasteiger partial charge on any atom is 0.0449 e. The molecule has 0 saturated carbocycles. The predicted molar refractivity (Wildman–Crippen MR) is 59.3 cm³/mol. The van der Waals surface area contributed by atoms with Crippen LogP contribution >= 0.6 is 15.9 Å². The van der Waals surface area contributed by atoms with E-state index in [1.54, 1.807) is 0 Å². The van der Waals surface area contributed by atoms with Crippen LogP contribution in [0.2, 0.25) is 0 Å². The first-order chi connectivity index (χ1) is 6.15. The van der Waals surface area contributed by atoms with Gasteiger partial charge in [0.1, 0.15) is 0 Å². The summed E-state index contributed by atoms with van der Waals surface area (Å²) in [5.74, 6) is 0. The van der Waals surface area contributed by atoms with Gasteiger partial charge in [-0.25, -0.2) is 0 Å². The van der Waals surface area contributed by atoms with Crippen molar-refractivity contribution in [1.29, 1.82) is 0 Å². The Kier molecular flexibility index (Phi) is 3.90. The van der Waals surface area contributed by atoms with Gasteiger partial charge in [-0.2, -0.15) is 0 Å². The highest BCUT2D eigenvalue weighted by atomic mass is 79.9. The summed E-state index contributed by atoms with van der Waals surface area (Å²) in [5, 5.41) is 0. The Bertz CT molecular complexity index is 275. The highest BCUT2D eigenvalue weighted by molar-refractivity contribution is 9.10. The van der Waals surface area contributed by atoms with Gasteiger partial charge in [0.2, 0.25) is 0 Å². The molecule has 0 aliphatic rings. The lowest BCUT2D eigenvalue weighted by molar-refractivity contribution is 0.532. The normalized spacial score (nSPS) is 15.4. The first-order valence-electron chi connectivity index (χ1n) is 4.41. The van der Waals surface area contributed by atoms with E-state index in [-0.39, 0.29) is 12.1 Å². The van der Waals surface area contributed by atoms with Crippen LogP contribution in [0.4, 0.5) is 0 Å². The number of benzene rings is 1. The summed E-state index contributed by atoms with van der Waals surface area (Å²) < 4.78 is 1.05. The Hall–Kier alpha value is -0.380. The Morgan fingerprint density at radius 2 is 2.08 bits per heavy atom. The lowest BCUT2D eigenvalue weighted by atomic mass is 9.99. The topological polar surface area (TPSA) is 52.0 Å². The van der Waals surface area contributed by atoms with E-state index in [0.717, 1.165) is 16.5 Å². The molecule has 0 saturated heterocycles. The molecule has 13 heavy (non-hydrogen) atoms. The summed E-state index contributed by atoms with van der Waals surface area (Å²) in [5.41, 5.74) is 12.9. The van der Waals surface area contributed by atoms with E-state index >= 15 is 0 Å². The summed E-state index contributed by atoms with van der Waals surface area (Å²) in [6.45, 7) is 2.04. The minimum Gasteiger partial charge on any atom is -0.326 e. The molecule has 2 nitrogen and oxygen atoms in total. The second kappa shape index (κ2) is 4.74. The van der Waals surface area contributed by atoms with Crippen LogP contribution in [0.3, 0.4) is 0 Å². The Balaban J connectivity index is 2.82. The van der Waals surface area contributed by atoms with Crippen molar-refractivity contribution in [3.63, 3.8) is 0 Å². The minimum atomic E-state index is -0.0671. The van der Waals surface area contributed by atoms with Crippen LogP contribution in [0.15, 0.2) is 28.7 Å². The van der Waals surface area contributed by atoms with Crippen molar-refractivity contribution in [3.8, 4) is 0 Å². The summed E-state index contributed by atoms with van der Waals surface area (Å²) >= 11 is 3.41. The van der Waals surface area contributed by atoms with Crippen molar-refractivity contribution >= 4 is 15.9 Å². The van der Waals surface area contributed by atoms with Crippen LogP contribution < -0.4 is 11.5 Å². The van der Waals surface area contributed by atoms with Crippen molar-refractivity contribution in [3.05, 3.63) is 34.3 Å². The van der Waals surface area contributed by atoms with Crippen molar-refractivity contribution < 1.29 is 0 Å². The van der Waals surface area contributed by atoms with Crippen LogP contribution in [0.25, 0.3) is 0 Å². The molecule has 0 radical (unpaired) electrons. The summed E-state index contributed by atoms with van der Waals surface area (Å²) in [6.07, 6.45) is 0.897. The van der Waals surface area contributed by atoms with Gasteiger partial charge in [0.25, 0.3) is 0 Å². The van der Waals surface area contributed by atoms with Gasteiger partial charge in [-0.05, 0) is 24.1 Å². The molecule has 0 aliphatic heterocycles. The van der Waals surface area contributed by atoms with E-state index in [4.69, 9.17) is 11.5 Å². The van der Waals surface area contributed by atoms with Crippen LogP contribution in [0.1, 0.15) is 24.9 Å². The summed E-state index contributed by atoms with van der Waals surface area (Å²) in [4.78, 5) is 0. The lowest BCUT2D eigenvalue weighted by Crippen LogP contribution is -2.33. The molecule has 2 atom stereocenters. The summed E-state index contributed by atoms with van der Waals surface area (Å²) in [7, 11) is 0. The molecule has 3 heteroatoms. The Morgan fingerprint density at radius 3 is 2.62 bits per heavy atom. The van der Waals surface area contributed by atoms with Gasteiger partial charge in [0.15, 0.2) is 0 Å². The zero-order valence-corrected chi connectivity index (χ0v) is 9.29. The average Bonchev–Trinajstić information content (AvgIpc) is 2.15. The van der Waals surface area contributed by atoms with Crippen molar-refractivity contribution in [2.45, 2.75) is 25.4 Å². The fourth-order valence-corrected chi connectivity index (χ4v) is 1.63. The second-order valence-electron chi connectivity index (χ2n) is 3.15. The standard InChI is InChI=1S/C10H15BrN2/c1-2-9(12)10(13)7-4-3-5-8(11)6-7/h3-6,9-10H,2,12-13H2,1H3. The molecule has 0 bridgehead atoms. The average molecular weight is 243 g/mol. The van der Waals surface area contributed by atoms with Gasteiger partial charge < -0.3 is 11.5 Å². The van der Waals surface area contributed by atoms with Crippen molar-refractivity contribution in [1.82, 2.24) is 0 Å². The molecule has 0 aliphatic carbocycles. The third kappa shape index (κ3) is 2.79. The summed E-state index contributed by atoms with van der Waals surface area (Å²) in [6, 6.07) is 7.94. The third-order valence-electron chi connectivity index (χ3n) is 2.17. The number of halogens is 1. The molecule has 0 fully saturated rings. The molecule has 0 aromatic heterocycles. The van der Waals surface area contributed by atoms with Crippen LogP contribution in [0.5, 0.6) is 0 Å². The highest BCUT2D eigenvalue weighted by Crippen LogP contribution is 2.19. The van der Waals surface area contributed by atoms with Gasteiger partial charge >= 0.3 is 0 Å². The molecule has 1 aromatic rings. The minimum absolute atomic E-state index is 0.0364. The number of hydrogen-bond donors (Lipinski definition) is 2. The number of nitrogens with two attached hydrogens (primary N) is 2. The van der Waals surface area contributed by atoms with Crippen LogP contribution in [0, 0.1) is 0 Å². The maximum absolute atomic E-state index is 5.97. The SMILES string of the molecule is CCC(N)C(N)c1cccc(Br)c1. The Labute approximate surface area is 87.4 Å². The number of rotatable bonds is 3. The highest BCUT2D eigenvalue weighted by Gasteiger charge is 2.12. The lowest BCUT2D eigenvalue weighted by Gasteiger charge is -2.18. The zero-order valence-electron chi connectivity index (χ0n) is 7.70. The molecular weight excluding hydrogens is 228 g/mol. The molecular formula is C10H15BrN2. The van der Waals surface area contributed by atoms with Gasteiger partial charge in [-0.3, -0.25) is 0 Å². The zero-order chi connectivity index (χ0) is 9.84. The molecule has 2 unspecified atom stereocenters. The van der Waals surface area contributed by atoms with E-state index < -0.39 is 0 Å². The molecule has 1 rings (SSSR count). The largest absolute Gasteiger partial charge is 0.326 e. The second-order valence-corrected chi connectivity index (χ2v) is 4.07. The van der Waals surface area contributed by atoms with Gasteiger partial charge in [0.05, 0.1) is 0 Å². The van der Waals surface area contributed by atoms with Crippen LogP contribution in [-0.2, 0) is 0 Å². The predicted octanol–water partition coefficient (Wildman–Crippen LogP) is 2.19. The molecule has 72 valence electrons. The van der Waals surface area contributed by atoms with E-state index in [1.807, 2.05) is 31.2 Å². The van der Waals surface area contributed by atoms with Crippen molar-refractivity contribution in [2.75, 3.05) is 0 Å². The van der Waals surface area contributed by atoms with E-state index in [0.29, 0.717) is 0 Å². The van der Waals surface area contributed by atoms with E-state index in [1.165, 1.54) is 0 Å². The fourth-order valence-electron chi connectivity index (χ4n) is 1.22. The van der Waals surface area contributed by atoms with Gasteiger partial charge in [-0.1, -0.05) is 35.0 Å². The Morgan fingerprint density at radius 1 is 1.38 bits per heavy atom. The molecule has 1 aromatic carbocycles. The smallest absolute Gasteiger partial charge is 0.0449 e. The van der Waals surface area contributed by atoms with Gasteiger partial charge in [0, 0.05) is 16.6 Å². The maximum atomic E-state index is 5.97. The molecule has 4 N–H and O–H groups in total. The molecule has 0 spiro atoms. The molecule has 0 heterocycles. The third-order valence-corrected chi connectivity index (χ3v) is 2.66. The first kappa shape index (κ1) is 10.7. The monoisotopic (exact) mass is 242 g/mol. The van der Waals surface area contributed by atoms with Gasteiger partial charge in [-0.15, -0.1) is 0 Å². The number of hydrogen-bond acceptors (Lipinski definition) is 2. The molecule has 0 amide bonds. The fraction of sp³-hybridized carbons (Fsp3) is 0.400. The van der Waals surface area contributed by atoms with Crippen molar-refractivity contribution in [2.24, 2.45) is 11.5 Å².